The maximum atomic E-state index is 11.0. The lowest BCUT2D eigenvalue weighted by molar-refractivity contribution is 0.0949. The van der Waals surface area contributed by atoms with E-state index in [0.717, 1.165) is 60.2 Å². The Morgan fingerprint density at radius 1 is 1.09 bits per heavy atom. The fourth-order valence-electron chi connectivity index (χ4n) is 4.76. The first kappa shape index (κ1) is 21.8. The van der Waals surface area contributed by atoms with Gasteiger partial charge in [0, 0.05) is 42.3 Å². The Balaban J connectivity index is 1.16. The maximum Gasteiger partial charge on any atom is 0.145 e. The number of β-amino-alcohol motifs (C(OH)–C–C–N with tert-alkyl or cyclic N) is 1. The molecule has 4 aromatic rings. The number of methoxy groups -OCH3 is 1. The standard InChI is InChI=1S/C27H30N4O2/c1-33-26-8-4-6-23-22(9-12-28-27(23)26)25(32)18-31-13-10-21(11-14-31)29-16-19-15-20-5-2-3-7-24(20)30-17-19/h2-9,12,15,17,21,25,29,32H,10-11,13-14,16,18H2,1H3. The van der Waals surface area contributed by atoms with Gasteiger partial charge < -0.3 is 20.1 Å². The predicted octanol–water partition coefficient (Wildman–Crippen LogP) is 4.08. The molecule has 0 bridgehead atoms. The highest BCUT2D eigenvalue weighted by molar-refractivity contribution is 5.87. The summed E-state index contributed by atoms with van der Waals surface area (Å²) in [6, 6.07) is 18.7. The predicted molar refractivity (Wildman–Crippen MR) is 131 cm³/mol. The van der Waals surface area contributed by atoms with Crippen molar-refractivity contribution in [2.75, 3.05) is 26.7 Å². The molecule has 2 N–H and O–H groups in total. The largest absolute Gasteiger partial charge is 0.494 e. The quantitative estimate of drug-likeness (QED) is 0.450. The number of piperidine rings is 1. The van der Waals surface area contributed by atoms with E-state index >= 15 is 0 Å². The number of benzene rings is 2. The van der Waals surface area contributed by atoms with Crippen molar-refractivity contribution >= 4 is 21.8 Å². The van der Waals surface area contributed by atoms with Crippen LogP contribution in [0.25, 0.3) is 21.8 Å². The van der Waals surface area contributed by atoms with Gasteiger partial charge in [0.1, 0.15) is 11.3 Å². The number of ether oxygens (including phenoxy) is 1. The van der Waals surface area contributed by atoms with Gasteiger partial charge in [0.15, 0.2) is 0 Å². The molecule has 2 aromatic carbocycles. The molecule has 1 fully saturated rings. The third-order valence-electron chi connectivity index (χ3n) is 6.61. The van der Waals surface area contributed by atoms with Gasteiger partial charge in [0.05, 0.1) is 18.7 Å². The zero-order valence-electron chi connectivity index (χ0n) is 18.9. The second kappa shape index (κ2) is 9.83. The zero-order valence-corrected chi connectivity index (χ0v) is 18.9. The SMILES string of the molecule is COc1cccc2c(C(O)CN3CCC(NCc4cnc5ccccc5c4)CC3)ccnc12. The molecule has 170 valence electrons. The number of para-hydroxylation sites is 2. The van der Waals surface area contributed by atoms with Crippen LogP contribution < -0.4 is 10.1 Å². The normalized spacial score (nSPS) is 16.3. The van der Waals surface area contributed by atoms with Crippen LogP contribution in [0, 0.1) is 0 Å². The van der Waals surface area contributed by atoms with Crippen molar-refractivity contribution in [3.05, 3.63) is 78.1 Å². The molecular weight excluding hydrogens is 412 g/mol. The Morgan fingerprint density at radius 2 is 1.94 bits per heavy atom. The molecule has 6 heteroatoms. The summed E-state index contributed by atoms with van der Waals surface area (Å²) in [6.45, 7) is 3.39. The molecular formula is C27H30N4O2. The summed E-state index contributed by atoms with van der Waals surface area (Å²) in [4.78, 5) is 11.4. The summed E-state index contributed by atoms with van der Waals surface area (Å²) >= 11 is 0. The molecule has 1 aliphatic rings. The van der Waals surface area contributed by atoms with E-state index in [4.69, 9.17) is 4.74 Å². The lowest BCUT2D eigenvalue weighted by Crippen LogP contribution is -2.43. The highest BCUT2D eigenvalue weighted by Crippen LogP contribution is 2.29. The van der Waals surface area contributed by atoms with Crippen molar-refractivity contribution in [1.29, 1.82) is 0 Å². The molecule has 2 aromatic heterocycles. The highest BCUT2D eigenvalue weighted by atomic mass is 16.5. The average Bonchev–Trinajstić information content (AvgIpc) is 2.87. The first-order valence-corrected chi connectivity index (χ1v) is 11.6. The third-order valence-corrected chi connectivity index (χ3v) is 6.61. The molecule has 33 heavy (non-hydrogen) atoms. The van der Waals surface area contributed by atoms with Crippen LogP contribution in [-0.2, 0) is 6.54 Å². The zero-order chi connectivity index (χ0) is 22.6. The van der Waals surface area contributed by atoms with Gasteiger partial charge in [-0.1, -0.05) is 30.3 Å². The Kier molecular flexibility index (Phi) is 6.48. The topological polar surface area (TPSA) is 70.5 Å². The summed E-state index contributed by atoms with van der Waals surface area (Å²) < 4.78 is 5.43. The van der Waals surface area contributed by atoms with Crippen molar-refractivity contribution in [1.82, 2.24) is 20.2 Å². The summed E-state index contributed by atoms with van der Waals surface area (Å²) in [5.74, 6) is 0.732. The fourth-order valence-corrected chi connectivity index (χ4v) is 4.76. The molecule has 0 aliphatic carbocycles. The molecule has 1 aliphatic heterocycles. The lowest BCUT2D eigenvalue weighted by Gasteiger charge is -2.33. The Morgan fingerprint density at radius 3 is 2.79 bits per heavy atom. The molecule has 0 radical (unpaired) electrons. The molecule has 3 heterocycles. The van der Waals surface area contributed by atoms with Crippen LogP contribution in [0.3, 0.4) is 0 Å². The number of hydrogen-bond acceptors (Lipinski definition) is 6. The molecule has 5 rings (SSSR count). The van der Waals surface area contributed by atoms with Crippen LogP contribution in [0.4, 0.5) is 0 Å². The van der Waals surface area contributed by atoms with Crippen LogP contribution in [-0.4, -0.2) is 52.8 Å². The van der Waals surface area contributed by atoms with E-state index in [1.807, 2.05) is 42.6 Å². The molecule has 1 saturated heterocycles. The van der Waals surface area contributed by atoms with Gasteiger partial charge in [-0.15, -0.1) is 0 Å². The minimum absolute atomic E-state index is 0.482. The number of hydrogen-bond donors (Lipinski definition) is 2. The number of rotatable bonds is 7. The van der Waals surface area contributed by atoms with E-state index < -0.39 is 6.10 Å². The van der Waals surface area contributed by atoms with Crippen molar-refractivity contribution < 1.29 is 9.84 Å². The van der Waals surface area contributed by atoms with E-state index in [-0.39, 0.29) is 0 Å². The summed E-state index contributed by atoms with van der Waals surface area (Å²) in [5, 5.41) is 16.8. The first-order chi connectivity index (χ1) is 16.2. The molecule has 0 spiro atoms. The van der Waals surface area contributed by atoms with Crippen LogP contribution in [0.5, 0.6) is 5.75 Å². The number of pyridine rings is 2. The van der Waals surface area contributed by atoms with Gasteiger partial charge in [0.25, 0.3) is 0 Å². The minimum Gasteiger partial charge on any atom is -0.494 e. The second-order valence-corrected chi connectivity index (χ2v) is 8.76. The van der Waals surface area contributed by atoms with Gasteiger partial charge in [-0.3, -0.25) is 9.97 Å². The number of nitrogens with one attached hydrogen (secondary N) is 1. The minimum atomic E-state index is -0.559. The average molecular weight is 443 g/mol. The van der Waals surface area contributed by atoms with Crippen molar-refractivity contribution in [2.24, 2.45) is 0 Å². The molecule has 6 nitrogen and oxygen atoms in total. The van der Waals surface area contributed by atoms with Crippen LogP contribution >= 0.6 is 0 Å². The van der Waals surface area contributed by atoms with E-state index in [0.29, 0.717) is 12.6 Å². The third kappa shape index (κ3) is 4.83. The van der Waals surface area contributed by atoms with E-state index in [2.05, 4.69) is 38.4 Å². The summed E-state index contributed by atoms with van der Waals surface area (Å²) in [6.07, 6.45) is 5.30. The maximum absolute atomic E-state index is 11.0. The van der Waals surface area contributed by atoms with Crippen molar-refractivity contribution in [3.63, 3.8) is 0 Å². The summed E-state index contributed by atoms with van der Waals surface area (Å²) in [7, 11) is 1.65. The van der Waals surface area contributed by atoms with Crippen LogP contribution in [0.2, 0.25) is 0 Å². The number of fused-ring (bicyclic) bond motifs is 2. The Bertz CT molecular complexity index is 1240. The number of aliphatic hydroxyl groups is 1. The number of likely N-dealkylation sites (tertiary alicyclic amines) is 1. The number of aliphatic hydroxyl groups excluding tert-OH is 1. The van der Waals surface area contributed by atoms with Crippen LogP contribution in [0.15, 0.2) is 67.0 Å². The van der Waals surface area contributed by atoms with Gasteiger partial charge in [-0.05, 0) is 61.3 Å². The monoisotopic (exact) mass is 442 g/mol. The molecule has 0 amide bonds. The molecule has 1 atom stereocenters. The van der Waals surface area contributed by atoms with E-state index in [1.165, 1.54) is 10.9 Å². The Hall–Kier alpha value is -3.06. The second-order valence-electron chi connectivity index (χ2n) is 8.76. The highest BCUT2D eigenvalue weighted by Gasteiger charge is 2.22. The van der Waals surface area contributed by atoms with E-state index in [1.54, 1.807) is 13.3 Å². The first-order valence-electron chi connectivity index (χ1n) is 11.6. The van der Waals surface area contributed by atoms with Crippen LogP contribution in [0.1, 0.15) is 30.1 Å². The van der Waals surface area contributed by atoms with Gasteiger partial charge in [-0.25, -0.2) is 0 Å². The van der Waals surface area contributed by atoms with Gasteiger partial charge in [-0.2, -0.15) is 0 Å². The van der Waals surface area contributed by atoms with Crippen molar-refractivity contribution in [2.45, 2.75) is 31.5 Å². The summed E-state index contributed by atoms with van der Waals surface area (Å²) in [5.41, 5.74) is 3.95. The van der Waals surface area contributed by atoms with Crippen molar-refractivity contribution in [3.8, 4) is 5.75 Å². The smallest absolute Gasteiger partial charge is 0.145 e. The Labute approximate surface area is 194 Å². The van der Waals surface area contributed by atoms with Gasteiger partial charge >= 0.3 is 0 Å². The number of nitrogens with zero attached hydrogens (tertiary/aromatic N) is 3. The molecule has 1 unspecified atom stereocenters. The fraction of sp³-hybridized carbons (Fsp3) is 0.333. The lowest BCUT2D eigenvalue weighted by atomic mass is 10.0. The molecule has 0 saturated carbocycles. The number of aromatic nitrogens is 2. The van der Waals surface area contributed by atoms with Gasteiger partial charge in [0.2, 0.25) is 0 Å². The van der Waals surface area contributed by atoms with E-state index in [9.17, 15) is 5.11 Å².